The average molecular weight is 134 g/mol. The maximum absolute atomic E-state index is 2.44. The molecular formula is C8H16B2. The number of hydrogen-bond acceptors (Lipinski definition) is 0. The lowest BCUT2D eigenvalue weighted by molar-refractivity contribution is 0.479. The average Bonchev–Trinajstić information content (AvgIpc) is 2.03. The van der Waals surface area contributed by atoms with Crippen LogP contribution in [-0.4, -0.2) is 13.2 Å². The van der Waals surface area contributed by atoms with Crippen LogP contribution in [0.4, 0.5) is 0 Å². The van der Waals surface area contributed by atoms with Gasteiger partial charge in [-0.05, 0) is 0 Å². The summed E-state index contributed by atoms with van der Waals surface area (Å²) < 4.78 is 0. The lowest BCUT2D eigenvalue weighted by Gasteiger charge is -2.49. The fraction of sp³-hybridized carbons (Fsp3) is 1.00. The van der Waals surface area contributed by atoms with Crippen molar-refractivity contribution in [2.24, 2.45) is 0 Å². The van der Waals surface area contributed by atoms with Crippen molar-refractivity contribution in [2.75, 3.05) is 0 Å². The summed E-state index contributed by atoms with van der Waals surface area (Å²) in [5.41, 5.74) is 0. The third-order valence-electron chi connectivity index (χ3n) is 4.05. The lowest BCUT2D eigenvalue weighted by Crippen LogP contribution is -2.53. The third kappa shape index (κ3) is 0.773. The smallest absolute Gasteiger partial charge is 0.0917 e. The van der Waals surface area contributed by atoms with Crippen molar-refractivity contribution in [3.05, 3.63) is 0 Å². The summed E-state index contributed by atoms with van der Waals surface area (Å²) in [7, 11) is 0. The summed E-state index contributed by atoms with van der Waals surface area (Å²) in [6, 6.07) is 0. The van der Waals surface area contributed by atoms with Gasteiger partial charge in [-0.15, -0.1) is 0 Å². The fourth-order valence-corrected chi connectivity index (χ4v) is 3.13. The van der Waals surface area contributed by atoms with Crippen LogP contribution in [0.2, 0.25) is 25.3 Å². The van der Waals surface area contributed by atoms with Crippen LogP contribution in [0.25, 0.3) is 0 Å². The van der Waals surface area contributed by atoms with Crippen molar-refractivity contribution >= 4 is 13.2 Å². The van der Waals surface area contributed by atoms with Gasteiger partial charge in [-0.2, -0.15) is 0 Å². The van der Waals surface area contributed by atoms with E-state index in [1.165, 1.54) is 25.7 Å². The van der Waals surface area contributed by atoms with Crippen molar-refractivity contribution in [2.45, 2.75) is 51.0 Å². The molecule has 2 fully saturated rings. The largest absolute Gasteiger partial charge is 0.109 e. The second kappa shape index (κ2) is 2.32. The van der Waals surface area contributed by atoms with Crippen LogP contribution in [-0.2, 0) is 0 Å². The molecule has 1 aliphatic carbocycles. The molecule has 0 aromatic carbocycles. The number of fused-ring (bicyclic) bond motifs is 1. The molecule has 1 heterocycles. The molecule has 2 unspecified atom stereocenters. The fourth-order valence-electron chi connectivity index (χ4n) is 3.13. The van der Waals surface area contributed by atoms with Gasteiger partial charge in [0.25, 0.3) is 0 Å². The number of rotatable bonds is 0. The normalized spacial score (nSPS) is 39.0. The Morgan fingerprint density at radius 1 is 0.900 bits per heavy atom. The van der Waals surface area contributed by atoms with E-state index in [1.54, 1.807) is 0 Å². The second-order valence-electron chi connectivity index (χ2n) is 4.33. The Morgan fingerprint density at radius 3 is 1.70 bits per heavy atom. The maximum atomic E-state index is 2.44. The van der Waals surface area contributed by atoms with Crippen molar-refractivity contribution in [1.82, 2.24) is 0 Å². The molecule has 2 atom stereocenters. The highest BCUT2D eigenvalue weighted by molar-refractivity contribution is 7.27. The predicted molar refractivity (Wildman–Crippen MR) is 49.2 cm³/mol. The molecule has 2 aliphatic rings. The highest BCUT2D eigenvalue weighted by Crippen LogP contribution is 2.52. The third-order valence-corrected chi connectivity index (χ3v) is 4.05. The summed E-state index contributed by atoms with van der Waals surface area (Å²) in [6.45, 7) is 6.98. The molecule has 0 amide bonds. The monoisotopic (exact) mass is 134 g/mol. The van der Waals surface area contributed by atoms with Gasteiger partial charge < -0.3 is 0 Å². The van der Waals surface area contributed by atoms with Gasteiger partial charge in [-0.25, -0.2) is 0 Å². The minimum absolute atomic E-state index is 1.05. The standard InChI is InChI=1S/C8H16B2/c1-9-7-5-3-4-6-8(7)10(9)2/h7-8H,3-6H2,1-2H3. The summed E-state index contributed by atoms with van der Waals surface area (Å²) in [5.74, 6) is 2.26. The van der Waals surface area contributed by atoms with Crippen LogP contribution in [0.1, 0.15) is 25.7 Å². The molecule has 0 N–H and O–H groups in total. The van der Waals surface area contributed by atoms with Crippen LogP contribution in [0.3, 0.4) is 0 Å². The molecule has 0 bridgehead atoms. The predicted octanol–water partition coefficient (Wildman–Crippen LogP) is 2.64. The zero-order chi connectivity index (χ0) is 7.14. The van der Waals surface area contributed by atoms with E-state index in [0.29, 0.717) is 0 Å². The highest BCUT2D eigenvalue weighted by atomic mass is 14.2. The first-order valence-corrected chi connectivity index (χ1v) is 4.80. The molecule has 0 radical (unpaired) electrons. The molecule has 10 heavy (non-hydrogen) atoms. The summed E-state index contributed by atoms with van der Waals surface area (Å²) >= 11 is 0. The summed E-state index contributed by atoms with van der Waals surface area (Å²) in [5, 5.41) is 0. The first-order valence-electron chi connectivity index (χ1n) is 4.80. The van der Waals surface area contributed by atoms with Gasteiger partial charge >= 0.3 is 0 Å². The Bertz CT molecular complexity index is 119. The molecule has 0 spiro atoms. The molecular weight excluding hydrogens is 118 g/mol. The van der Waals surface area contributed by atoms with Crippen molar-refractivity contribution in [1.29, 1.82) is 0 Å². The van der Waals surface area contributed by atoms with Crippen LogP contribution in [0.15, 0.2) is 0 Å². The number of hydrogen-bond donors (Lipinski definition) is 0. The first-order chi connectivity index (χ1) is 4.80. The van der Waals surface area contributed by atoms with Crippen LogP contribution < -0.4 is 0 Å². The van der Waals surface area contributed by atoms with Crippen molar-refractivity contribution in [3.63, 3.8) is 0 Å². The zero-order valence-corrected chi connectivity index (χ0v) is 7.14. The zero-order valence-electron chi connectivity index (χ0n) is 7.14. The Morgan fingerprint density at radius 2 is 1.30 bits per heavy atom. The van der Waals surface area contributed by atoms with E-state index in [4.69, 9.17) is 0 Å². The summed E-state index contributed by atoms with van der Waals surface area (Å²) in [4.78, 5) is 0. The van der Waals surface area contributed by atoms with E-state index in [1.807, 2.05) is 0 Å². The lowest BCUT2D eigenvalue weighted by atomic mass is 8.91. The molecule has 0 aromatic heterocycles. The Balaban J connectivity index is 2.00. The van der Waals surface area contributed by atoms with E-state index in [9.17, 15) is 0 Å². The quantitative estimate of drug-likeness (QED) is 0.446. The first kappa shape index (κ1) is 6.82. The minimum Gasteiger partial charge on any atom is -0.0917 e. The van der Waals surface area contributed by atoms with Gasteiger partial charge in [0.05, 0.1) is 0 Å². The van der Waals surface area contributed by atoms with E-state index < -0.39 is 0 Å². The Hall–Kier alpha value is 0.130. The van der Waals surface area contributed by atoms with Gasteiger partial charge in [0.15, 0.2) is 0 Å². The molecule has 0 aromatic rings. The Labute approximate surface area is 64.9 Å². The van der Waals surface area contributed by atoms with E-state index in [-0.39, 0.29) is 0 Å². The van der Waals surface area contributed by atoms with Crippen LogP contribution in [0, 0.1) is 0 Å². The highest BCUT2D eigenvalue weighted by Gasteiger charge is 2.48. The van der Waals surface area contributed by atoms with Crippen molar-refractivity contribution in [3.8, 4) is 0 Å². The molecule has 2 rings (SSSR count). The van der Waals surface area contributed by atoms with Crippen molar-refractivity contribution < 1.29 is 0 Å². The van der Waals surface area contributed by atoms with Gasteiger partial charge in [0.2, 0.25) is 0 Å². The van der Waals surface area contributed by atoms with E-state index >= 15 is 0 Å². The maximum Gasteiger partial charge on any atom is 0.109 e. The molecule has 1 saturated heterocycles. The van der Waals surface area contributed by atoms with E-state index in [0.717, 1.165) is 24.8 Å². The molecule has 1 saturated carbocycles. The minimum atomic E-state index is 1.05. The van der Waals surface area contributed by atoms with Gasteiger partial charge in [0, 0.05) is 0 Å². The van der Waals surface area contributed by atoms with Crippen LogP contribution in [0.5, 0.6) is 0 Å². The Kier molecular flexibility index (Phi) is 1.58. The van der Waals surface area contributed by atoms with E-state index in [2.05, 4.69) is 13.6 Å². The van der Waals surface area contributed by atoms with Gasteiger partial charge in [-0.1, -0.05) is 51.0 Å². The van der Waals surface area contributed by atoms with Gasteiger partial charge in [-0.3, -0.25) is 0 Å². The van der Waals surface area contributed by atoms with Gasteiger partial charge in [0.1, 0.15) is 13.2 Å². The molecule has 54 valence electrons. The SMILES string of the molecule is CB1B(C)C2CCCCC12. The second-order valence-corrected chi connectivity index (χ2v) is 4.33. The molecule has 1 aliphatic heterocycles. The van der Waals surface area contributed by atoms with Crippen LogP contribution >= 0.6 is 0 Å². The summed E-state index contributed by atoms with van der Waals surface area (Å²) in [6.07, 6.45) is 6.10. The molecule has 2 heteroatoms. The topological polar surface area (TPSA) is 0 Å². The molecule has 0 nitrogen and oxygen atoms in total.